The summed E-state index contributed by atoms with van der Waals surface area (Å²) in [5, 5.41) is 5.36. The predicted octanol–water partition coefficient (Wildman–Crippen LogP) is 3.34. The second-order valence-electron chi connectivity index (χ2n) is 5.18. The lowest BCUT2D eigenvalue weighted by molar-refractivity contribution is 0.0550. The summed E-state index contributed by atoms with van der Waals surface area (Å²) in [5.74, 6) is -0.465. The topological polar surface area (TPSA) is 67.4 Å². The lowest BCUT2D eigenvalue weighted by Crippen LogP contribution is -2.34. The first-order valence-corrected chi connectivity index (χ1v) is 6.87. The number of carbonyl (C=O) groups excluding carboxylic acids is 2. The van der Waals surface area contributed by atoms with Gasteiger partial charge in [-0.3, -0.25) is 0 Å². The van der Waals surface area contributed by atoms with Gasteiger partial charge in [0.25, 0.3) is 0 Å². The number of allylic oxidation sites excluding steroid dienone is 1. The zero-order valence-corrected chi connectivity index (χ0v) is 12.9. The van der Waals surface area contributed by atoms with E-state index in [1.54, 1.807) is 24.3 Å². The van der Waals surface area contributed by atoms with E-state index in [0.29, 0.717) is 11.3 Å². The van der Waals surface area contributed by atoms with Gasteiger partial charge in [-0.2, -0.15) is 0 Å². The molecule has 0 aliphatic rings. The van der Waals surface area contributed by atoms with Gasteiger partial charge in [0, 0.05) is 6.04 Å². The Bertz CT molecular complexity index is 532. The Morgan fingerprint density at radius 2 is 1.90 bits per heavy atom. The van der Waals surface area contributed by atoms with E-state index in [1.165, 1.54) is 0 Å². The highest BCUT2D eigenvalue weighted by Gasteiger charge is 2.14. The van der Waals surface area contributed by atoms with Crippen LogP contribution in [-0.2, 0) is 4.74 Å². The third kappa shape index (κ3) is 6.12. The van der Waals surface area contributed by atoms with Gasteiger partial charge in [-0.1, -0.05) is 17.7 Å². The molecular weight excluding hydrogens is 268 g/mol. The van der Waals surface area contributed by atoms with Crippen molar-refractivity contribution in [1.82, 2.24) is 5.32 Å². The van der Waals surface area contributed by atoms with Crippen LogP contribution in [0.4, 0.5) is 10.5 Å². The van der Waals surface area contributed by atoms with Crippen molar-refractivity contribution < 1.29 is 14.3 Å². The maximum Gasteiger partial charge on any atom is 0.340 e. The Morgan fingerprint density at radius 3 is 2.52 bits per heavy atom. The summed E-state index contributed by atoms with van der Waals surface area (Å²) in [6, 6.07) is 6.42. The standard InChI is InChI=1S/C16H22N2O3/c1-11(2)9-10-21-15(19)13-7-5-6-8-14(13)18-16(20)17-12(3)4/h5-9,12H,10H2,1-4H3,(H2,17,18,20). The molecule has 0 aliphatic carbocycles. The smallest absolute Gasteiger partial charge is 0.340 e. The molecule has 1 rings (SSSR count). The van der Waals surface area contributed by atoms with Crippen molar-refractivity contribution in [2.45, 2.75) is 33.7 Å². The van der Waals surface area contributed by atoms with Gasteiger partial charge in [-0.15, -0.1) is 0 Å². The molecule has 0 fully saturated rings. The fourth-order valence-electron chi connectivity index (χ4n) is 1.55. The first kappa shape index (κ1) is 16.8. The minimum absolute atomic E-state index is 0.0155. The molecule has 0 unspecified atom stereocenters. The molecule has 0 saturated heterocycles. The SMILES string of the molecule is CC(C)=CCOC(=O)c1ccccc1NC(=O)NC(C)C. The van der Waals surface area contributed by atoms with E-state index in [-0.39, 0.29) is 18.7 Å². The van der Waals surface area contributed by atoms with Gasteiger partial charge in [-0.25, -0.2) is 9.59 Å². The fourth-order valence-corrected chi connectivity index (χ4v) is 1.55. The maximum absolute atomic E-state index is 12.0. The molecule has 0 heterocycles. The molecule has 0 aromatic heterocycles. The molecule has 0 spiro atoms. The molecule has 1 aromatic carbocycles. The van der Waals surface area contributed by atoms with E-state index >= 15 is 0 Å². The van der Waals surface area contributed by atoms with Crippen LogP contribution in [0.15, 0.2) is 35.9 Å². The van der Waals surface area contributed by atoms with Crippen LogP contribution in [0.5, 0.6) is 0 Å². The van der Waals surface area contributed by atoms with Gasteiger partial charge < -0.3 is 15.4 Å². The first-order chi connectivity index (χ1) is 9.90. The molecule has 21 heavy (non-hydrogen) atoms. The van der Waals surface area contributed by atoms with Gasteiger partial charge >= 0.3 is 12.0 Å². The average Bonchev–Trinajstić information content (AvgIpc) is 2.37. The number of para-hydroxylation sites is 1. The van der Waals surface area contributed by atoms with Gasteiger partial charge in [0.2, 0.25) is 0 Å². The maximum atomic E-state index is 12.0. The highest BCUT2D eigenvalue weighted by atomic mass is 16.5. The number of rotatable bonds is 5. The van der Waals surface area contributed by atoms with Crippen molar-refractivity contribution >= 4 is 17.7 Å². The third-order valence-electron chi connectivity index (χ3n) is 2.52. The normalized spacial score (nSPS) is 9.95. The zero-order chi connectivity index (χ0) is 15.8. The summed E-state index contributed by atoms with van der Waals surface area (Å²) >= 11 is 0. The fraction of sp³-hybridized carbons (Fsp3) is 0.375. The minimum Gasteiger partial charge on any atom is -0.458 e. The van der Waals surface area contributed by atoms with Crippen LogP contribution in [0.3, 0.4) is 0 Å². The van der Waals surface area contributed by atoms with Gasteiger partial charge in [-0.05, 0) is 45.9 Å². The molecule has 0 bridgehead atoms. The molecule has 0 atom stereocenters. The van der Waals surface area contributed by atoms with Crippen molar-refractivity contribution in [2.24, 2.45) is 0 Å². The molecule has 0 aliphatic heterocycles. The van der Waals surface area contributed by atoms with Crippen molar-refractivity contribution in [3.8, 4) is 0 Å². The van der Waals surface area contributed by atoms with Gasteiger partial charge in [0.1, 0.15) is 6.61 Å². The van der Waals surface area contributed by atoms with E-state index < -0.39 is 5.97 Å². The largest absolute Gasteiger partial charge is 0.458 e. The highest BCUT2D eigenvalue weighted by molar-refractivity contribution is 6.00. The summed E-state index contributed by atoms with van der Waals surface area (Å²) < 4.78 is 5.16. The number of nitrogens with one attached hydrogen (secondary N) is 2. The van der Waals surface area contributed by atoms with E-state index in [1.807, 2.05) is 33.8 Å². The van der Waals surface area contributed by atoms with Crippen LogP contribution in [-0.4, -0.2) is 24.6 Å². The molecule has 114 valence electrons. The van der Waals surface area contributed by atoms with Crippen LogP contribution >= 0.6 is 0 Å². The quantitative estimate of drug-likeness (QED) is 0.645. The van der Waals surface area contributed by atoms with E-state index in [9.17, 15) is 9.59 Å². The van der Waals surface area contributed by atoms with Crippen molar-refractivity contribution in [2.75, 3.05) is 11.9 Å². The number of amides is 2. The Kier molecular flexibility index (Phi) is 6.46. The van der Waals surface area contributed by atoms with Crippen LogP contribution in [0, 0.1) is 0 Å². The summed E-state index contributed by atoms with van der Waals surface area (Å²) in [6.07, 6.45) is 1.82. The first-order valence-electron chi connectivity index (χ1n) is 6.87. The Labute approximate surface area is 125 Å². The number of esters is 1. The average molecular weight is 290 g/mol. The third-order valence-corrected chi connectivity index (χ3v) is 2.52. The Hall–Kier alpha value is -2.30. The second kappa shape index (κ2) is 8.09. The number of benzene rings is 1. The van der Waals surface area contributed by atoms with E-state index in [4.69, 9.17) is 4.74 Å². The molecular formula is C16H22N2O3. The Balaban J connectivity index is 2.76. The summed E-state index contributed by atoms with van der Waals surface area (Å²) in [4.78, 5) is 23.7. The Morgan fingerprint density at radius 1 is 1.24 bits per heavy atom. The predicted molar refractivity (Wildman–Crippen MR) is 83.4 cm³/mol. The van der Waals surface area contributed by atoms with Gasteiger partial charge in [0.15, 0.2) is 0 Å². The number of anilines is 1. The van der Waals surface area contributed by atoms with Crippen molar-refractivity contribution in [3.63, 3.8) is 0 Å². The molecule has 5 heteroatoms. The molecule has 0 radical (unpaired) electrons. The summed E-state index contributed by atoms with van der Waals surface area (Å²) in [6.45, 7) is 7.80. The van der Waals surface area contributed by atoms with Gasteiger partial charge in [0.05, 0.1) is 11.3 Å². The van der Waals surface area contributed by atoms with E-state index in [2.05, 4.69) is 10.6 Å². The number of hydrogen-bond donors (Lipinski definition) is 2. The number of urea groups is 1. The zero-order valence-electron chi connectivity index (χ0n) is 12.9. The molecule has 2 N–H and O–H groups in total. The number of ether oxygens (including phenoxy) is 1. The number of carbonyl (C=O) groups is 2. The summed E-state index contributed by atoms with van der Waals surface area (Å²) in [7, 11) is 0. The molecule has 0 saturated carbocycles. The minimum atomic E-state index is -0.465. The lowest BCUT2D eigenvalue weighted by Gasteiger charge is -2.12. The second-order valence-corrected chi connectivity index (χ2v) is 5.18. The highest BCUT2D eigenvalue weighted by Crippen LogP contribution is 2.16. The molecule has 5 nitrogen and oxygen atoms in total. The monoisotopic (exact) mass is 290 g/mol. The number of hydrogen-bond acceptors (Lipinski definition) is 3. The van der Waals surface area contributed by atoms with Crippen molar-refractivity contribution in [3.05, 3.63) is 41.5 Å². The van der Waals surface area contributed by atoms with Crippen molar-refractivity contribution in [1.29, 1.82) is 0 Å². The molecule has 1 aromatic rings. The van der Waals surface area contributed by atoms with Crippen LogP contribution in [0.25, 0.3) is 0 Å². The molecule has 2 amide bonds. The van der Waals surface area contributed by atoms with Crippen LogP contribution < -0.4 is 10.6 Å². The van der Waals surface area contributed by atoms with Crippen LogP contribution in [0.2, 0.25) is 0 Å². The van der Waals surface area contributed by atoms with E-state index in [0.717, 1.165) is 5.57 Å². The lowest BCUT2D eigenvalue weighted by atomic mass is 10.2. The summed E-state index contributed by atoms with van der Waals surface area (Å²) in [5.41, 5.74) is 1.84. The van der Waals surface area contributed by atoms with Crippen LogP contribution in [0.1, 0.15) is 38.1 Å².